The van der Waals surface area contributed by atoms with Gasteiger partial charge in [-0.05, 0) is 32.9 Å². The summed E-state index contributed by atoms with van der Waals surface area (Å²) in [6, 6.07) is 9.79. The normalized spacial score (nSPS) is 11.3. The van der Waals surface area contributed by atoms with Crippen molar-refractivity contribution in [1.29, 1.82) is 0 Å². The molecule has 1 aromatic carbocycles. The third-order valence-corrected chi connectivity index (χ3v) is 2.59. The largest absolute Gasteiger partial charge is 0.374 e. The molecule has 1 amide bonds. The van der Waals surface area contributed by atoms with Crippen molar-refractivity contribution >= 4 is 22.5 Å². The Morgan fingerprint density at radius 2 is 1.95 bits per heavy atom. The van der Waals surface area contributed by atoms with Crippen LogP contribution in [-0.4, -0.2) is 23.0 Å². The first-order valence-corrected chi connectivity index (χ1v) is 6.34. The van der Waals surface area contributed by atoms with Crippen LogP contribution in [0, 0.1) is 0 Å². The van der Waals surface area contributed by atoms with Crippen molar-refractivity contribution in [3.05, 3.63) is 36.5 Å². The van der Waals surface area contributed by atoms with E-state index in [0.29, 0.717) is 0 Å². The van der Waals surface area contributed by atoms with Gasteiger partial charge in [0.15, 0.2) is 0 Å². The molecule has 19 heavy (non-hydrogen) atoms. The van der Waals surface area contributed by atoms with Gasteiger partial charge in [0.2, 0.25) is 5.91 Å². The molecule has 2 rings (SSSR count). The summed E-state index contributed by atoms with van der Waals surface area (Å²) in [5.41, 5.74) is 1.55. The van der Waals surface area contributed by atoms with E-state index in [9.17, 15) is 4.79 Å². The Balaban J connectivity index is 2.08. The number of hydrogen-bond acceptors (Lipinski definition) is 3. The van der Waals surface area contributed by atoms with Crippen molar-refractivity contribution in [3.63, 3.8) is 0 Å². The van der Waals surface area contributed by atoms with E-state index in [1.807, 2.05) is 51.1 Å². The zero-order chi connectivity index (χ0) is 13.9. The van der Waals surface area contributed by atoms with Crippen LogP contribution in [0.1, 0.15) is 20.8 Å². The lowest BCUT2D eigenvalue weighted by Gasteiger charge is -2.20. The van der Waals surface area contributed by atoms with Crippen molar-refractivity contribution in [1.82, 2.24) is 10.3 Å². The van der Waals surface area contributed by atoms with Crippen LogP contribution in [0.15, 0.2) is 36.5 Å². The van der Waals surface area contributed by atoms with E-state index < -0.39 is 0 Å². The molecule has 1 heterocycles. The van der Waals surface area contributed by atoms with Crippen LogP contribution < -0.4 is 10.6 Å². The molecule has 2 N–H and O–H groups in total. The fourth-order valence-electron chi connectivity index (χ4n) is 1.88. The van der Waals surface area contributed by atoms with Crippen LogP contribution in [0.2, 0.25) is 0 Å². The number of hydrogen-bond donors (Lipinski definition) is 2. The van der Waals surface area contributed by atoms with Crippen LogP contribution in [0.5, 0.6) is 0 Å². The minimum Gasteiger partial charge on any atom is -0.374 e. The highest BCUT2D eigenvalue weighted by Crippen LogP contribution is 2.20. The highest BCUT2D eigenvalue weighted by atomic mass is 16.2. The van der Waals surface area contributed by atoms with Crippen molar-refractivity contribution < 1.29 is 4.79 Å². The van der Waals surface area contributed by atoms with E-state index in [4.69, 9.17) is 0 Å². The molecule has 0 aliphatic heterocycles. The third kappa shape index (κ3) is 3.68. The molecule has 2 aromatic rings. The van der Waals surface area contributed by atoms with Gasteiger partial charge in [0.1, 0.15) is 0 Å². The van der Waals surface area contributed by atoms with E-state index in [1.165, 1.54) is 0 Å². The van der Waals surface area contributed by atoms with Crippen LogP contribution in [0.25, 0.3) is 10.9 Å². The Morgan fingerprint density at radius 3 is 2.68 bits per heavy atom. The van der Waals surface area contributed by atoms with Crippen molar-refractivity contribution in [2.75, 3.05) is 11.9 Å². The summed E-state index contributed by atoms with van der Waals surface area (Å²) in [5, 5.41) is 7.11. The summed E-state index contributed by atoms with van der Waals surface area (Å²) < 4.78 is 0. The maximum atomic E-state index is 11.8. The fraction of sp³-hybridized carbons (Fsp3) is 0.333. The topological polar surface area (TPSA) is 54.0 Å². The maximum Gasteiger partial charge on any atom is 0.239 e. The summed E-state index contributed by atoms with van der Waals surface area (Å²) in [4.78, 5) is 16.1. The predicted molar refractivity (Wildman–Crippen MR) is 78.1 cm³/mol. The molecule has 0 aliphatic rings. The van der Waals surface area contributed by atoms with Gasteiger partial charge in [-0.2, -0.15) is 0 Å². The van der Waals surface area contributed by atoms with Gasteiger partial charge < -0.3 is 10.6 Å². The SMILES string of the molecule is CC(C)(C)NC(=O)CNc1cccc2cccnc12. The number of aromatic nitrogens is 1. The van der Waals surface area contributed by atoms with Gasteiger partial charge in [-0.1, -0.05) is 18.2 Å². The lowest BCUT2D eigenvalue weighted by atomic mass is 10.1. The third-order valence-electron chi connectivity index (χ3n) is 2.59. The van der Waals surface area contributed by atoms with Crippen molar-refractivity contribution in [2.24, 2.45) is 0 Å². The zero-order valence-electron chi connectivity index (χ0n) is 11.5. The van der Waals surface area contributed by atoms with E-state index >= 15 is 0 Å². The molecule has 0 bridgehead atoms. The van der Waals surface area contributed by atoms with Crippen LogP contribution >= 0.6 is 0 Å². The van der Waals surface area contributed by atoms with Gasteiger partial charge in [0.25, 0.3) is 0 Å². The molecule has 0 atom stereocenters. The standard InChI is InChI=1S/C15H19N3O/c1-15(2,3)18-13(19)10-17-12-8-4-6-11-7-5-9-16-14(11)12/h4-9,17H,10H2,1-3H3,(H,18,19). The van der Waals surface area contributed by atoms with Crippen LogP contribution in [-0.2, 0) is 4.79 Å². The molecule has 0 spiro atoms. The Labute approximate surface area is 113 Å². The van der Waals surface area contributed by atoms with E-state index in [2.05, 4.69) is 15.6 Å². The number of fused-ring (bicyclic) bond motifs is 1. The first kappa shape index (κ1) is 13.3. The summed E-state index contributed by atoms with van der Waals surface area (Å²) in [7, 11) is 0. The predicted octanol–water partition coefficient (Wildman–Crippen LogP) is 2.56. The minimum atomic E-state index is -0.213. The molecule has 4 nitrogen and oxygen atoms in total. The fourth-order valence-corrected chi connectivity index (χ4v) is 1.88. The van der Waals surface area contributed by atoms with Crippen molar-refractivity contribution in [2.45, 2.75) is 26.3 Å². The molecule has 4 heteroatoms. The minimum absolute atomic E-state index is 0.0274. The van der Waals surface area contributed by atoms with Gasteiger partial charge in [-0.15, -0.1) is 0 Å². The van der Waals surface area contributed by atoms with Crippen molar-refractivity contribution in [3.8, 4) is 0 Å². The summed E-state index contributed by atoms with van der Waals surface area (Å²) in [5.74, 6) is -0.0274. The number of nitrogens with zero attached hydrogens (tertiary/aromatic N) is 1. The second-order valence-corrected chi connectivity index (χ2v) is 5.53. The Morgan fingerprint density at radius 1 is 1.21 bits per heavy atom. The quantitative estimate of drug-likeness (QED) is 0.888. The number of pyridine rings is 1. The van der Waals surface area contributed by atoms with Gasteiger partial charge in [0.05, 0.1) is 17.7 Å². The molecule has 0 saturated carbocycles. The van der Waals surface area contributed by atoms with Gasteiger partial charge in [0, 0.05) is 17.1 Å². The van der Waals surface area contributed by atoms with E-state index in [0.717, 1.165) is 16.6 Å². The number of rotatable bonds is 3. The highest BCUT2D eigenvalue weighted by Gasteiger charge is 2.13. The summed E-state index contributed by atoms with van der Waals surface area (Å²) in [6.45, 7) is 6.13. The molecule has 0 aliphatic carbocycles. The zero-order valence-corrected chi connectivity index (χ0v) is 11.5. The molecular weight excluding hydrogens is 238 g/mol. The van der Waals surface area contributed by atoms with Gasteiger partial charge in [-0.3, -0.25) is 9.78 Å². The van der Waals surface area contributed by atoms with Gasteiger partial charge in [-0.25, -0.2) is 0 Å². The van der Waals surface area contributed by atoms with Gasteiger partial charge >= 0.3 is 0 Å². The lowest BCUT2D eigenvalue weighted by Crippen LogP contribution is -2.43. The monoisotopic (exact) mass is 257 g/mol. The average molecular weight is 257 g/mol. The molecule has 100 valence electrons. The Hall–Kier alpha value is -2.10. The number of amides is 1. The second-order valence-electron chi connectivity index (χ2n) is 5.53. The summed E-state index contributed by atoms with van der Waals surface area (Å²) in [6.07, 6.45) is 1.75. The maximum absolute atomic E-state index is 11.8. The Bertz CT molecular complexity index is 582. The molecule has 0 unspecified atom stereocenters. The number of nitrogens with one attached hydrogen (secondary N) is 2. The molecule has 0 fully saturated rings. The second kappa shape index (κ2) is 5.26. The lowest BCUT2D eigenvalue weighted by molar-refractivity contribution is -0.120. The molecule has 0 saturated heterocycles. The van der Waals surface area contributed by atoms with E-state index in [-0.39, 0.29) is 18.0 Å². The number of anilines is 1. The first-order chi connectivity index (χ1) is 8.96. The molecule has 1 aromatic heterocycles. The number of para-hydroxylation sites is 1. The summed E-state index contributed by atoms with van der Waals surface area (Å²) >= 11 is 0. The van der Waals surface area contributed by atoms with Crippen LogP contribution in [0.3, 0.4) is 0 Å². The smallest absolute Gasteiger partial charge is 0.239 e. The van der Waals surface area contributed by atoms with E-state index in [1.54, 1.807) is 6.20 Å². The highest BCUT2D eigenvalue weighted by molar-refractivity contribution is 5.92. The average Bonchev–Trinajstić information content (AvgIpc) is 2.34. The Kier molecular flexibility index (Phi) is 3.69. The number of benzene rings is 1. The molecular formula is C15H19N3O. The first-order valence-electron chi connectivity index (χ1n) is 6.34. The van der Waals surface area contributed by atoms with Crippen LogP contribution in [0.4, 0.5) is 5.69 Å². The number of carbonyl (C=O) groups excluding carboxylic acids is 1. The number of carbonyl (C=O) groups is 1. The molecule has 0 radical (unpaired) electrons.